The Morgan fingerprint density at radius 3 is 2.29 bits per heavy atom. The van der Waals surface area contributed by atoms with Crippen molar-refractivity contribution in [3.8, 4) is 11.5 Å². The van der Waals surface area contributed by atoms with Gasteiger partial charge in [0.05, 0.1) is 17.5 Å². The molecule has 2 aromatic carbocycles. The van der Waals surface area contributed by atoms with Crippen LogP contribution in [0.15, 0.2) is 42.5 Å². The van der Waals surface area contributed by atoms with Gasteiger partial charge in [-0.1, -0.05) is 18.2 Å². The summed E-state index contributed by atoms with van der Waals surface area (Å²) in [5, 5.41) is 28.2. The molecule has 4 N–H and O–H groups in total. The average Bonchev–Trinajstić information content (AvgIpc) is 2.55. The van der Waals surface area contributed by atoms with E-state index in [-0.39, 0.29) is 16.7 Å². The van der Waals surface area contributed by atoms with E-state index in [1.54, 1.807) is 18.2 Å². The number of benzene rings is 2. The van der Waals surface area contributed by atoms with Gasteiger partial charge in [0.2, 0.25) is 0 Å². The number of carbonyl (C=O) groups excluding carboxylic acids is 2. The van der Waals surface area contributed by atoms with Crippen LogP contribution in [0.4, 0.5) is 0 Å². The van der Waals surface area contributed by atoms with Crippen LogP contribution in [0.25, 0.3) is 0 Å². The van der Waals surface area contributed by atoms with Crippen molar-refractivity contribution in [2.45, 2.75) is 6.42 Å². The van der Waals surface area contributed by atoms with Crippen LogP contribution in [0, 0.1) is 0 Å². The van der Waals surface area contributed by atoms with E-state index in [4.69, 9.17) is 5.11 Å². The molecule has 0 aliphatic carbocycles. The second-order valence-corrected chi connectivity index (χ2v) is 4.76. The van der Waals surface area contributed by atoms with Crippen molar-refractivity contribution >= 4 is 17.8 Å². The highest BCUT2D eigenvalue weighted by Crippen LogP contribution is 2.27. The largest absolute Gasteiger partial charge is 0.508 e. The number of hydrogen-bond donors (Lipinski definition) is 4. The first-order chi connectivity index (χ1) is 11.4. The average molecular weight is 331 g/mol. The molecule has 0 unspecified atom stereocenters. The number of phenolic OH excluding ortho intramolecular Hbond substituents is 2. The van der Waals surface area contributed by atoms with Crippen LogP contribution in [0.2, 0.25) is 0 Å². The van der Waals surface area contributed by atoms with Crippen molar-refractivity contribution in [3.63, 3.8) is 0 Å². The number of hydroxylamine groups is 1. The van der Waals surface area contributed by atoms with Crippen LogP contribution in [-0.4, -0.2) is 33.2 Å². The van der Waals surface area contributed by atoms with Crippen LogP contribution >= 0.6 is 0 Å². The van der Waals surface area contributed by atoms with Crippen molar-refractivity contribution in [3.05, 3.63) is 59.2 Å². The quantitative estimate of drug-likeness (QED) is 0.489. The molecule has 0 saturated heterocycles. The molecular weight excluding hydrogens is 318 g/mol. The van der Waals surface area contributed by atoms with Gasteiger partial charge < -0.3 is 20.2 Å². The van der Waals surface area contributed by atoms with E-state index in [9.17, 15) is 24.6 Å². The predicted octanol–water partition coefficient (Wildman–Crippen LogP) is 1.23. The molecule has 0 radical (unpaired) electrons. The van der Waals surface area contributed by atoms with E-state index in [1.807, 2.05) is 5.48 Å². The highest BCUT2D eigenvalue weighted by atomic mass is 16.7. The molecule has 0 bridgehead atoms. The first-order valence-electron chi connectivity index (χ1n) is 6.71. The third kappa shape index (κ3) is 4.01. The van der Waals surface area contributed by atoms with Gasteiger partial charge in [0.25, 0.3) is 5.91 Å². The number of nitrogens with one attached hydrogen (secondary N) is 1. The molecule has 0 fully saturated rings. The third-order valence-corrected chi connectivity index (χ3v) is 3.03. The Kier molecular flexibility index (Phi) is 5.00. The number of rotatable bonds is 4. The standard InChI is InChI=1S/C16H13NO7/c18-12-8-11(13(19)6-10(12)7-14(20)21)15(22)17-24-16(23)9-4-2-1-3-5-9/h1-6,8,18-19H,7H2,(H,17,22)(H,20,21). The minimum Gasteiger partial charge on any atom is -0.508 e. The van der Waals surface area contributed by atoms with Crippen molar-refractivity contribution in [2.24, 2.45) is 0 Å². The predicted molar refractivity (Wildman–Crippen MR) is 80.4 cm³/mol. The summed E-state index contributed by atoms with van der Waals surface area (Å²) in [7, 11) is 0. The SMILES string of the molecule is O=C(O)Cc1cc(O)c(C(=O)NOC(=O)c2ccccc2)cc1O. The molecule has 0 heterocycles. The molecule has 0 saturated carbocycles. The van der Waals surface area contributed by atoms with Crippen molar-refractivity contribution in [1.29, 1.82) is 0 Å². The normalized spacial score (nSPS) is 10.0. The second kappa shape index (κ2) is 7.14. The maximum absolute atomic E-state index is 11.9. The van der Waals surface area contributed by atoms with Crippen molar-refractivity contribution in [2.75, 3.05) is 0 Å². The topological polar surface area (TPSA) is 133 Å². The van der Waals surface area contributed by atoms with Gasteiger partial charge in [-0.05, 0) is 24.3 Å². The molecule has 2 aromatic rings. The zero-order valence-electron chi connectivity index (χ0n) is 12.2. The monoisotopic (exact) mass is 331 g/mol. The summed E-state index contributed by atoms with van der Waals surface area (Å²) in [5.74, 6) is -4.03. The molecule has 124 valence electrons. The van der Waals surface area contributed by atoms with Crippen LogP contribution in [-0.2, 0) is 16.1 Å². The van der Waals surface area contributed by atoms with Gasteiger partial charge in [0, 0.05) is 5.56 Å². The van der Waals surface area contributed by atoms with Crippen LogP contribution in [0.1, 0.15) is 26.3 Å². The molecule has 0 aliphatic heterocycles. The molecule has 0 atom stereocenters. The van der Waals surface area contributed by atoms with Crippen molar-refractivity contribution < 1.29 is 34.5 Å². The lowest BCUT2D eigenvalue weighted by atomic mass is 10.1. The molecular formula is C16H13NO7. The van der Waals surface area contributed by atoms with E-state index in [0.29, 0.717) is 0 Å². The summed E-state index contributed by atoms with van der Waals surface area (Å²) < 4.78 is 0. The van der Waals surface area contributed by atoms with Crippen LogP contribution < -0.4 is 5.48 Å². The Labute approximate surface area is 135 Å². The maximum atomic E-state index is 11.9. The lowest BCUT2D eigenvalue weighted by Crippen LogP contribution is -2.27. The fraction of sp³-hybridized carbons (Fsp3) is 0.0625. The summed E-state index contributed by atoms with van der Waals surface area (Å²) >= 11 is 0. The summed E-state index contributed by atoms with van der Waals surface area (Å²) in [6, 6.07) is 9.75. The van der Waals surface area contributed by atoms with Gasteiger partial charge in [-0.2, -0.15) is 5.48 Å². The van der Waals surface area contributed by atoms with E-state index in [1.165, 1.54) is 12.1 Å². The maximum Gasteiger partial charge on any atom is 0.362 e. The zero-order chi connectivity index (χ0) is 17.7. The first-order valence-corrected chi connectivity index (χ1v) is 6.71. The minimum absolute atomic E-state index is 0.0576. The van der Waals surface area contributed by atoms with E-state index < -0.39 is 35.8 Å². The summed E-state index contributed by atoms with van der Waals surface area (Å²) in [6.45, 7) is 0. The molecule has 8 heteroatoms. The lowest BCUT2D eigenvalue weighted by Gasteiger charge is -2.09. The Balaban J connectivity index is 2.08. The fourth-order valence-corrected chi connectivity index (χ4v) is 1.89. The molecule has 1 amide bonds. The highest BCUT2D eigenvalue weighted by Gasteiger charge is 2.18. The van der Waals surface area contributed by atoms with Gasteiger partial charge >= 0.3 is 11.9 Å². The third-order valence-electron chi connectivity index (χ3n) is 3.03. The number of hydrogen-bond acceptors (Lipinski definition) is 6. The Morgan fingerprint density at radius 1 is 1.00 bits per heavy atom. The zero-order valence-corrected chi connectivity index (χ0v) is 12.2. The lowest BCUT2D eigenvalue weighted by molar-refractivity contribution is -0.136. The molecule has 2 rings (SSSR count). The van der Waals surface area contributed by atoms with E-state index in [0.717, 1.165) is 12.1 Å². The van der Waals surface area contributed by atoms with Gasteiger partial charge in [0.15, 0.2) is 0 Å². The molecule has 0 spiro atoms. The number of aliphatic carboxylic acids is 1. The molecule has 0 aromatic heterocycles. The van der Waals surface area contributed by atoms with Crippen molar-refractivity contribution in [1.82, 2.24) is 5.48 Å². The number of phenols is 2. The second-order valence-electron chi connectivity index (χ2n) is 4.76. The van der Waals surface area contributed by atoms with Gasteiger partial charge in [-0.3, -0.25) is 9.59 Å². The summed E-state index contributed by atoms with van der Waals surface area (Å²) in [6.07, 6.45) is -0.524. The molecule has 0 aliphatic rings. The van der Waals surface area contributed by atoms with Crippen LogP contribution in [0.3, 0.4) is 0 Å². The number of aromatic hydroxyl groups is 2. The Morgan fingerprint density at radius 2 is 1.67 bits per heavy atom. The van der Waals surface area contributed by atoms with E-state index in [2.05, 4.69) is 4.84 Å². The summed E-state index contributed by atoms with van der Waals surface area (Å²) in [4.78, 5) is 38.8. The van der Waals surface area contributed by atoms with Crippen LogP contribution in [0.5, 0.6) is 11.5 Å². The van der Waals surface area contributed by atoms with Gasteiger partial charge in [0.1, 0.15) is 11.5 Å². The Hall–Kier alpha value is -3.55. The number of carboxylic acid groups (broad SMARTS) is 1. The Bertz CT molecular complexity index is 787. The van der Waals surface area contributed by atoms with Gasteiger partial charge in [-0.25, -0.2) is 4.79 Å². The molecule has 24 heavy (non-hydrogen) atoms. The number of carbonyl (C=O) groups is 3. The molecule has 8 nitrogen and oxygen atoms in total. The minimum atomic E-state index is -1.21. The smallest absolute Gasteiger partial charge is 0.362 e. The fourth-order valence-electron chi connectivity index (χ4n) is 1.89. The first kappa shape index (κ1) is 16.8. The highest BCUT2D eigenvalue weighted by molar-refractivity contribution is 5.98. The number of carboxylic acids is 1. The van der Waals surface area contributed by atoms with Gasteiger partial charge in [-0.15, -0.1) is 0 Å². The van der Waals surface area contributed by atoms with E-state index >= 15 is 0 Å². The summed E-state index contributed by atoms with van der Waals surface area (Å²) in [5.41, 5.74) is 1.63. The number of amides is 1.